The second kappa shape index (κ2) is 9.44. The lowest BCUT2D eigenvalue weighted by Crippen LogP contribution is -2.29. The van der Waals surface area contributed by atoms with Gasteiger partial charge in [0.1, 0.15) is 6.61 Å². The largest absolute Gasteiger partial charge is 0.385 e. The quantitative estimate of drug-likeness (QED) is 0.487. The summed E-state index contributed by atoms with van der Waals surface area (Å²) in [5.41, 5.74) is 5.18. The Morgan fingerprint density at radius 3 is 2.85 bits per heavy atom. The van der Waals surface area contributed by atoms with Gasteiger partial charge in [0.05, 0.1) is 6.61 Å². The van der Waals surface area contributed by atoms with E-state index in [9.17, 15) is 4.79 Å². The Kier molecular flexibility index (Phi) is 8.97. The number of methoxy groups -OCH3 is 1. The molecule has 0 heterocycles. The van der Waals surface area contributed by atoms with E-state index in [2.05, 4.69) is 5.32 Å². The maximum Gasteiger partial charge on any atom is 0.245 e. The molecule has 0 unspecified atom stereocenters. The van der Waals surface area contributed by atoms with Gasteiger partial charge in [-0.2, -0.15) is 0 Å². The van der Waals surface area contributed by atoms with Crippen LogP contribution in [0.3, 0.4) is 0 Å². The molecule has 0 atom stereocenters. The highest BCUT2D eigenvalue weighted by Gasteiger charge is 1.98. The SMILES string of the molecule is COCCCNC(=O)COCCN. The zero-order chi connectivity index (χ0) is 9.94. The van der Waals surface area contributed by atoms with Gasteiger partial charge in [-0.1, -0.05) is 0 Å². The van der Waals surface area contributed by atoms with Crippen LogP contribution in [0, 0.1) is 0 Å². The molecule has 0 aliphatic heterocycles. The van der Waals surface area contributed by atoms with Crippen molar-refractivity contribution < 1.29 is 14.3 Å². The van der Waals surface area contributed by atoms with Crippen molar-refractivity contribution in [3.05, 3.63) is 0 Å². The van der Waals surface area contributed by atoms with Crippen molar-refractivity contribution in [2.24, 2.45) is 5.73 Å². The molecule has 78 valence electrons. The first-order chi connectivity index (χ1) is 6.31. The molecule has 1 amide bonds. The molecule has 3 N–H and O–H groups in total. The van der Waals surface area contributed by atoms with Gasteiger partial charge in [0.25, 0.3) is 0 Å². The van der Waals surface area contributed by atoms with E-state index in [-0.39, 0.29) is 12.5 Å². The molecule has 0 saturated carbocycles. The smallest absolute Gasteiger partial charge is 0.245 e. The second-order valence-corrected chi connectivity index (χ2v) is 2.54. The minimum atomic E-state index is -0.107. The van der Waals surface area contributed by atoms with Crippen LogP contribution in [0.15, 0.2) is 0 Å². The van der Waals surface area contributed by atoms with E-state index in [1.54, 1.807) is 7.11 Å². The number of nitrogens with one attached hydrogen (secondary N) is 1. The van der Waals surface area contributed by atoms with Crippen LogP contribution in [0.1, 0.15) is 6.42 Å². The molecule has 0 aliphatic carbocycles. The zero-order valence-electron chi connectivity index (χ0n) is 8.04. The highest BCUT2D eigenvalue weighted by molar-refractivity contribution is 5.77. The van der Waals surface area contributed by atoms with E-state index < -0.39 is 0 Å². The molecule has 0 fully saturated rings. The van der Waals surface area contributed by atoms with Crippen LogP contribution in [0.2, 0.25) is 0 Å². The average molecular weight is 190 g/mol. The zero-order valence-corrected chi connectivity index (χ0v) is 8.04. The van der Waals surface area contributed by atoms with E-state index in [4.69, 9.17) is 15.2 Å². The number of hydrogen-bond acceptors (Lipinski definition) is 4. The van der Waals surface area contributed by atoms with Crippen molar-refractivity contribution in [1.29, 1.82) is 0 Å². The van der Waals surface area contributed by atoms with Gasteiger partial charge in [0, 0.05) is 26.8 Å². The molecule has 0 aromatic carbocycles. The molecule has 5 heteroatoms. The predicted octanol–water partition coefficient (Wildman–Crippen LogP) is -0.886. The Morgan fingerprint density at radius 1 is 1.46 bits per heavy atom. The van der Waals surface area contributed by atoms with Crippen LogP contribution in [-0.2, 0) is 14.3 Å². The number of rotatable bonds is 8. The first kappa shape index (κ1) is 12.3. The summed E-state index contributed by atoms with van der Waals surface area (Å²) in [7, 11) is 1.63. The van der Waals surface area contributed by atoms with Crippen molar-refractivity contribution in [2.45, 2.75) is 6.42 Å². The van der Waals surface area contributed by atoms with E-state index in [1.165, 1.54) is 0 Å². The van der Waals surface area contributed by atoms with Gasteiger partial charge in [-0.15, -0.1) is 0 Å². The third-order valence-electron chi connectivity index (χ3n) is 1.34. The summed E-state index contributed by atoms with van der Waals surface area (Å²) in [5, 5.41) is 2.69. The van der Waals surface area contributed by atoms with Crippen molar-refractivity contribution >= 4 is 5.91 Å². The van der Waals surface area contributed by atoms with E-state index in [0.29, 0.717) is 26.3 Å². The fourth-order valence-electron chi connectivity index (χ4n) is 0.744. The van der Waals surface area contributed by atoms with Gasteiger partial charge >= 0.3 is 0 Å². The minimum Gasteiger partial charge on any atom is -0.385 e. The first-order valence-corrected chi connectivity index (χ1v) is 4.34. The molecule has 0 bridgehead atoms. The Hall–Kier alpha value is -0.650. The number of ether oxygens (including phenoxy) is 2. The molecule has 0 aliphatic rings. The summed E-state index contributed by atoms with van der Waals surface area (Å²) < 4.78 is 9.76. The number of nitrogens with two attached hydrogens (primary N) is 1. The van der Waals surface area contributed by atoms with Gasteiger partial charge in [-0.3, -0.25) is 4.79 Å². The summed E-state index contributed by atoms with van der Waals surface area (Å²) >= 11 is 0. The van der Waals surface area contributed by atoms with Gasteiger partial charge in [0.15, 0.2) is 0 Å². The standard InChI is InChI=1S/C8H18N2O3/c1-12-5-2-4-10-8(11)7-13-6-3-9/h2-7,9H2,1H3,(H,10,11). The Bertz CT molecular complexity index is 131. The van der Waals surface area contributed by atoms with Crippen LogP contribution in [0.25, 0.3) is 0 Å². The molecule has 0 rings (SSSR count). The topological polar surface area (TPSA) is 73.6 Å². The van der Waals surface area contributed by atoms with Crippen molar-refractivity contribution in [3.63, 3.8) is 0 Å². The van der Waals surface area contributed by atoms with Crippen LogP contribution in [0.5, 0.6) is 0 Å². The number of carbonyl (C=O) groups is 1. The van der Waals surface area contributed by atoms with E-state index in [0.717, 1.165) is 6.42 Å². The molecule has 0 aromatic rings. The minimum absolute atomic E-state index is 0.0875. The lowest BCUT2D eigenvalue weighted by Gasteiger charge is -2.04. The Labute approximate surface area is 78.6 Å². The summed E-state index contributed by atoms with van der Waals surface area (Å²) in [6.45, 7) is 2.23. The Morgan fingerprint density at radius 2 is 2.23 bits per heavy atom. The Balaban J connectivity index is 3.11. The molecular weight excluding hydrogens is 172 g/mol. The predicted molar refractivity (Wildman–Crippen MR) is 49.4 cm³/mol. The first-order valence-electron chi connectivity index (χ1n) is 4.34. The van der Waals surface area contributed by atoms with E-state index >= 15 is 0 Å². The summed E-state index contributed by atoms with van der Waals surface area (Å²) in [5.74, 6) is -0.107. The van der Waals surface area contributed by atoms with Crippen molar-refractivity contribution in [1.82, 2.24) is 5.32 Å². The van der Waals surface area contributed by atoms with Crippen LogP contribution in [0.4, 0.5) is 0 Å². The van der Waals surface area contributed by atoms with Gasteiger partial charge in [0.2, 0.25) is 5.91 Å². The van der Waals surface area contributed by atoms with Gasteiger partial charge in [-0.25, -0.2) is 0 Å². The maximum atomic E-state index is 11.0. The molecule has 5 nitrogen and oxygen atoms in total. The van der Waals surface area contributed by atoms with Crippen LogP contribution < -0.4 is 11.1 Å². The lowest BCUT2D eigenvalue weighted by atomic mass is 10.4. The lowest BCUT2D eigenvalue weighted by molar-refractivity contribution is -0.125. The van der Waals surface area contributed by atoms with E-state index in [1.807, 2.05) is 0 Å². The summed E-state index contributed by atoms with van der Waals surface area (Å²) in [6, 6.07) is 0. The monoisotopic (exact) mass is 190 g/mol. The highest BCUT2D eigenvalue weighted by Crippen LogP contribution is 1.78. The molecule has 0 spiro atoms. The van der Waals surface area contributed by atoms with Gasteiger partial charge < -0.3 is 20.5 Å². The van der Waals surface area contributed by atoms with Crippen LogP contribution in [-0.4, -0.2) is 45.9 Å². The van der Waals surface area contributed by atoms with Crippen LogP contribution >= 0.6 is 0 Å². The molecule has 0 saturated heterocycles. The number of carbonyl (C=O) groups excluding carboxylic acids is 1. The van der Waals surface area contributed by atoms with Crippen molar-refractivity contribution in [3.8, 4) is 0 Å². The normalized spacial score (nSPS) is 10.0. The molecular formula is C8H18N2O3. The fraction of sp³-hybridized carbons (Fsp3) is 0.875. The second-order valence-electron chi connectivity index (χ2n) is 2.54. The highest BCUT2D eigenvalue weighted by atomic mass is 16.5. The summed E-state index contributed by atoms with van der Waals surface area (Å²) in [4.78, 5) is 11.0. The number of hydrogen-bond donors (Lipinski definition) is 2. The fourth-order valence-corrected chi connectivity index (χ4v) is 0.744. The third kappa shape index (κ3) is 9.26. The maximum absolute atomic E-state index is 11.0. The molecule has 0 radical (unpaired) electrons. The molecule has 0 aromatic heterocycles. The van der Waals surface area contributed by atoms with Crippen molar-refractivity contribution in [2.75, 3.05) is 40.0 Å². The molecule has 13 heavy (non-hydrogen) atoms. The average Bonchev–Trinajstić information content (AvgIpc) is 2.13. The van der Waals surface area contributed by atoms with Gasteiger partial charge in [-0.05, 0) is 6.42 Å². The number of amides is 1. The summed E-state index contributed by atoms with van der Waals surface area (Å²) in [6.07, 6.45) is 0.819. The third-order valence-corrected chi connectivity index (χ3v) is 1.34.